The third kappa shape index (κ3) is 4.83. The lowest BCUT2D eigenvalue weighted by molar-refractivity contribution is 0.0635. The first-order valence-corrected chi connectivity index (χ1v) is 8.57. The van der Waals surface area contributed by atoms with Crippen LogP contribution in [0.2, 0.25) is 5.02 Å². The molecule has 140 valence electrons. The van der Waals surface area contributed by atoms with Crippen molar-refractivity contribution in [1.82, 2.24) is 9.97 Å². The van der Waals surface area contributed by atoms with Gasteiger partial charge in [-0.3, -0.25) is 5.32 Å². The smallest absolute Gasteiger partial charge is 0.413 e. The molecule has 0 fully saturated rings. The average molecular weight is 389 g/mol. The molecule has 0 radical (unpaired) electrons. The van der Waals surface area contributed by atoms with E-state index in [1.54, 1.807) is 39.1 Å². The maximum Gasteiger partial charge on any atom is 0.413 e. The molecule has 0 bridgehead atoms. The van der Waals surface area contributed by atoms with Crippen molar-refractivity contribution >= 4 is 45.9 Å². The van der Waals surface area contributed by atoms with Gasteiger partial charge in [-0.1, -0.05) is 17.7 Å². The van der Waals surface area contributed by atoms with Gasteiger partial charge in [0.1, 0.15) is 17.2 Å². The van der Waals surface area contributed by atoms with E-state index in [0.29, 0.717) is 10.8 Å². The molecule has 0 aliphatic carbocycles. The third-order valence-corrected chi connectivity index (χ3v) is 3.68. The number of carbonyl (C=O) groups excluding carboxylic acids is 1. The topological polar surface area (TPSA) is 76.1 Å². The molecule has 0 aliphatic heterocycles. The number of ether oxygens (including phenoxy) is 1. The number of nitrogens with zero attached hydrogens (tertiary/aromatic N) is 2. The van der Waals surface area contributed by atoms with Crippen LogP contribution in [0.25, 0.3) is 10.8 Å². The van der Waals surface area contributed by atoms with Crippen LogP contribution in [0.1, 0.15) is 20.8 Å². The number of nitrogens with one attached hydrogen (secondary N) is 2. The number of hydrogen-bond acceptors (Lipinski definition) is 5. The van der Waals surface area contributed by atoms with E-state index in [2.05, 4.69) is 20.6 Å². The average Bonchev–Trinajstić information content (AvgIpc) is 2.56. The van der Waals surface area contributed by atoms with Gasteiger partial charge in [0.2, 0.25) is 0 Å². The molecule has 1 amide bonds. The van der Waals surface area contributed by atoms with Gasteiger partial charge in [0.15, 0.2) is 11.6 Å². The van der Waals surface area contributed by atoms with Gasteiger partial charge in [0.05, 0.1) is 0 Å². The number of carbonyl (C=O) groups is 1. The van der Waals surface area contributed by atoms with E-state index >= 15 is 0 Å². The van der Waals surface area contributed by atoms with Gasteiger partial charge in [-0.05, 0) is 56.5 Å². The first-order chi connectivity index (χ1) is 12.7. The Morgan fingerprint density at radius 3 is 2.67 bits per heavy atom. The van der Waals surface area contributed by atoms with E-state index in [-0.39, 0.29) is 11.6 Å². The largest absolute Gasteiger partial charge is 0.444 e. The van der Waals surface area contributed by atoms with Gasteiger partial charge in [0, 0.05) is 16.6 Å². The predicted octanol–water partition coefficient (Wildman–Crippen LogP) is 5.51. The third-order valence-electron chi connectivity index (χ3n) is 3.44. The van der Waals surface area contributed by atoms with Crippen LogP contribution in [0, 0.1) is 5.82 Å². The summed E-state index contributed by atoms with van der Waals surface area (Å²) in [7, 11) is 0. The number of hydrogen-bond donors (Lipinski definition) is 2. The molecule has 0 saturated heterocycles. The van der Waals surface area contributed by atoms with Gasteiger partial charge in [-0.2, -0.15) is 0 Å². The van der Waals surface area contributed by atoms with Crippen molar-refractivity contribution in [3.8, 4) is 0 Å². The minimum absolute atomic E-state index is 0.0801. The second-order valence-corrected chi connectivity index (χ2v) is 7.24. The molecule has 2 aromatic heterocycles. The molecule has 27 heavy (non-hydrogen) atoms. The Bertz CT molecular complexity index is 1000. The number of aromatic nitrogens is 2. The van der Waals surface area contributed by atoms with Crippen molar-refractivity contribution in [2.24, 2.45) is 0 Å². The molecule has 1 aromatic carbocycles. The van der Waals surface area contributed by atoms with E-state index in [0.717, 1.165) is 10.8 Å². The maximum atomic E-state index is 14.2. The molecule has 3 rings (SSSR count). The monoisotopic (exact) mass is 388 g/mol. The zero-order valence-electron chi connectivity index (χ0n) is 15.0. The fraction of sp³-hybridized carbons (Fsp3) is 0.211. The van der Waals surface area contributed by atoms with Gasteiger partial charge in [0.25, 0.3) is 0 Å². The number of pyridine rings is 2. The SMILES string of the molecule is CC(C)(C)OC(=O)Nc1ccc(F)c(Nc2nccc3ccc(Cl)cc23)n1. The van der Waals surface area contributed by atoms with Crippen LogP contribution in [0.5, 0.6) is 0 Å². The Hall–Kier alpha value is -2.93. The highest BCUT2D eigenvalue weighted by atomic mass is 35.5. The molecular weight excluding hydrogens is 371 g/mol. The number of rotatable bonds is 3. The Labute approximate surface area is 160 Å². The fourth-order valence-corrected chi connectivity index (χ4v) is 2.53. The first-order valence-electron chi connectivity index (χ1n) is 8.19. The highest BCUT2D eigenvalue weighted by molar-refractivity contribution is 6.31. The summed E-state index contributed by atoms with van der Waals surface area (Å²) >= 11 is 6.05. The number of amides is 1. The lowest BCUT2D eigenvalue weighted by Crippen LogP contribution is -2.27. The minimum Gasteiger partial charge on any atom is -0.444 e. The molecular formula is C19H18ClFN4O2. The summed E-state index contributed by atoms with van der Waals surface area (Å²) in [5.41, 5.74) is -0.655. The normalized spacial score (nSPS) is 11.3. The molecule has 2 heterocycles. The minimum atomic E-state index is -0.678. The predicted molar refractivity (Wildman–Crippen MR) is 104 cm³/mol. The van der Waals surface area contributed by atoms with Gasteiger partial charge < -0.3 is 10.1 Å². The second-order valence-electron chi connectivity index (χ2n) is 6.80. The first kappa shape index (κ1) is 18.8. The number of fused-ring (bicyclic) bond motifs is 1. The molecule has 0 atom stereocenters. The summed E-state index contributed by atoms with van der Waals surface area (Å²) in [5.74, 6) is -0.128. The standard InChI is InChI=1S/C19H18ClFN4O2/c1-19(2,3)27-18(26)24-15-7-6-14(21)17(23-15)25-16-13-10-12(20)5-4-11(13)8-9-22-16/h4-10H,1-3H3,(H2,22,23,24,25,26). The second kappa shape index (κ2) is 7.36. The Morgan fingerprint density at radius 2 is 1.93 bits per heavy atom. The summed E-state index contributed by atoms with van der Waals surface area (Å²) in [6.45, 7) is 5.24. The highest BCUT2D eigenvalue weighted by Gasteiger charge is 2.17. The van der Waals surface area contributed by atoms with Crippen LogP contribution in [0.3, 0.4) is 0 Å². The lowest BCUT2D eigenvalue weighted by atomic mass is 10.1. The Kier molecular flexibility index (Phi) is 5.14. The van der Waals surface area contributed by atoms with Crippen LogP contribution in [0.4, 0.5) is 26.6 Å². The van der Waals surface area contributed by atoms with Crippen molar-refractivity contribution < 1.29 is 13.9 Å². The van der Waals surface area contributed by atoms with E-state index < -0.39 is 17.5 Å². The summed E-state index contributed by atoms with van der Waals surface area (Å²) in [4.78, 5) is 20.2. The van der Waals surface area contributed by atoms with E-state index in [1.165, 1.54) is 12.1 Å². The quantitative estimate of drug-likeness (QED) is 0.618. The summed E-state index contributed by atoms with van der Waals surface area (Å²) in [6.07, 6.45) is 0.918. The fourth-order valence-electron chi connectivity index (χ4n) is 2.36. The van der Waals surface area contributed by atoms with Crippen molar-refractivity contribution in [3.63, 3.8) is 0 Å². The summed E-state index contributed by atoms with van der Waals surface area (Å²) in [5, 5.41) is 7.48. The Morgan fingerprint density at radius 1 is 1.15 bits per heavy atom. The summed E-state index contributed by atoms with van der Waals surface area (Å²) in [6, 6.07) is 9.69. The molecule has 0 saturated carbocycles. The van der Waals surface area contributed by atoms with E-state index in [4.69, 9.17) is 16.3 Å². The maximum absolute atomic E-state index is 14.2. The highest BCUT2D eigenvalue weighted by Crippen LogP contribution is 2.27. The zero-order valence-corrected chi connectivity index (χ0v) is 15.8. The van der Waals surface area contributed by atoms with Crippen LogP contribution < -0.4 is 10.6 Å². The number of halogens is 2. The van der Waals surface area contributed by atoms with Crippen LogP contribution in [-0.4, -0.2) is 21.7 Å². The number of benzene rings is 1. The van der Waals surface area contributed by atoms with Crippen LogP contribution in [0.15, 0.2) is 42.6 Å². The molecule has 0 spiro atoms. The van der Waals surface area contributed by atoms with E-state index in [1.807, 2.05) is 12.1 Å². The Balaban J connectivity index is 1.88. The molecule has 8 heteroatoms. The van der Waals surface area contributed by atoms with Crippen LogP contribution in [-0.2, 0) is 4.74 Å². The van der Waals surface area contributed by atoms with Crippen LogP contribution >= 0.6 is 11.6 Å². The van der Waals surface area contributed by atoms with Crippen molar-refractivity contribution in [1.29, 1.82) is 0 Å². The molecule has 0 unspecified atom stereocenters. The molecule has 3 aromatic rings. The zero-order chi connectivity index (χ0) is 19.6. The van der Waals surface area contributed by atoms with Gasteiger partial charge >= 0.3 is 6.09 Å². The molecule has 2 N–H and O–H groups in total. The van der Waals surface area contributed by atoms with Gasteiger partial charge in [-0.15, -0.1) is 0 Å². The summed E-state index contributed by atoms with van der Waals surface area (Å²) < 4.78 is 19.4. The molecule has 0 aliphatic rings. The van der Waals surface area contributed by atoms with E-state index in [9.17, 15) is 9.18 Å². The van der Waals surface area contributed by atoms with Crippen molar-refractivity contribution in [3.05, 3.63) is 53.4 Å². The van der Waals surface area contributed by atoms with Crippen molar-refractivity contribution in [2.75, 3.05) is 10.6 Å². The number of anilines is 3. The van der Waals surface area contributed by atoms with Gasteiger partial charge in [-0.25, -0.2) is 19.2 Å². The lowest BCUT2D eigenvalue weighted by Gasteiger charge is -2.19. The van der Waals surface area contributed by atoms with Crippen molar-refractivity contribution in [2.45, 2.75) is 26.4 Å². The molecule has 6 nitrogen and oxygen atoms in total.